The van der Waals surface area contributed by atoms with Crippen molar-refractivity contribution in [3.05, 3.63) is 29.8 Å². The molecule has 0 bridgehead atoms. The molecule has 20 heavy (non-hydrogen) atoms. The molecular weight excluding hydrogens is 276 g/mol. The Morgan fingerprint density at radius 2 is 2.10 bits per heavy atom. The third kappa shape index (κ3) is 4.69. The van der Waals surface area contributed by atoms with Crippen LogP contribution in [0.25, 0.3) is 0 Å². The van der Waals surface area contributed by atoms with Crippen molar-refractivity contribution in [2.45, 2.75) is 32.2 Å². The van der Waals surface area contributed by atoms with E-state index in [1.54, 1.807) is 0 Å². The molecule has 1 aliphatic rings. The van der Waals surface area contributed by atoms with Crippen molar-refractivity contribution in [3.63, 3.8) is 0 Å². The fourth-order valence-corrected chi connectivity index (χ4v) is 2.34. The second kappa shape index (κ2) is 8.12. The van der Waals surface area contributed by atoms with Crippen LogP contribution in [0.2, 0.25) is 0 Å². The molecule has 1 atom stereocenters. The number of aryl methyl sites for hydroxylation is 1. The van der Waals surface area contributed by atoms with E-state index in [0.717, 1.165) is 25.1 Å². The summed E-state index contributed by atoms with van der Waals surface area (Å²) in [6.07, 6.45) is 2.26. The molecule has 0 saturated carbocycles. The van der Waals surface area contributed by atoms with E-state index in [9.17, 15) is 4.79 Å². The second-order valence-corrected chi connectivity index (χ2v) is 4.97. The Balaban J connectivity index is 0.00000200. The molecule has 0 aromatic heterocycles. The smallest absolute Gasteiger partial charge is 0.222 e. The lowest BCUT2D eigenvalue weighted by atomic mass is 10.1. The van der Waals surface area contributed by atoms with Gasteiger partial charge in [-0.3, -0.25) is 4.79 Å². The van der Waals surface area contributed by atoms with Gasteiger partial charge in [-0.05, 0) is 37.5 Å². The molecule has 1 aliphatic heterocycles. The zero-order chi connectivity index (χ0) is 13.7. The van der Waals surface area contributed by atoms with Gasteiger partial charge in [0.15, 0.2) is 0 Å². The summed E-state index contributed by atoms with van der Waals surface area (Å²) in [5.74, 6) is 1.09. The summed E-state index contributed by atoms with van der Waals surface area (Å²) in [5, 5.41) is 0. The number of carbonyl (C=O) groups excluding carboxylic acids is 1. The number of amides is 1. The summed E-state index contributed by atoms with van der Waals surface area (Å²) in [6, 6.07) is 8.11. The van der Waals surface area contributed by atoms with Crippen molar-refractivity contribution in [2.75, 3.05) is 19.7 Å². The number of likely N-dealkylation sites (tertiary alicyclic amines) is 1. The quantitative estimate of drug-likeness (QED) is 0.904. The van der Waals surface area contributed by atoms with Gasteiger partial charge in [-0.2, -0.15) is 0 Å². The molecule has 1 aromatic carbocycles. The van der Waals surface area contributed by atoms with Crippen LogP contribution in [0, 0.1) is 0 Å². The standard InChI is InChI=1S/C15H22N2O2.ClH/c1-2-19-14-6-3-12(4-7-14)5-8-15(18)17-10-9-13(16)11-17;/h3-4,6-7,13H,2,5,8-11,16H2,1H3;1H/t13-;/m1./s1. The first-order valence-electron chi connectivity index (χ1n) is 6.94. The van der Waals surface area contributed by atoms with E-state index >= 15 is 0 Å². The van der Waals surface area contributed by atoms with Gasteiger partial charge in [0.05, 0.1) is 6.61 Å². The van der Waals surface area contributed by atoms with Crippen LogP contribution in [0.4, 0.5) is 0 Å². The highest BCUT2D eigenvalue weighted by atomic mass is 35.5. The van der Waals surface area contributed by atoms with E-state index in [-0.39, 0.29) is 24.4 Å². The van der Waals surface area contributed by atoms with Gasteiger partial charge in [0.2, 0.25) is 5.91 Å². The van der Waals surface area contributed by atoms with Gasteiger partial charge in [0.25, 0.3) is 0 Å². The number of benzene rings is 1. The lowest BCUT2D eigenvalue weighted by Crippen LogP contribution is -2.31. The Bertz CT molecular complexity index is 422. The van der Waals surface area contributed by atoms with Crippen LogP contribution in [0.3, 0.4) is 0 Å². The molecule has 2 rings (SSSR count). The molecule has 1 fully saturated rings. The number of nitrogens with two attached hydrogens (primary N) is 1. The zero-order valence-corrected chi connectivity index (χ0v) is 12.7. The molecule has 0 radical (unpaired) electrons. The zero-order valence-electron chi connectivity index (χ0n) is 11.9. The minimum absolute atomic E-state index is 0. The van der Waals surface area contributed by atoms with Crippen molar-refractivity contribution in [3.8, 4) is 5.75 Å². The van der Waals surface area contributed by atoms with Crippen molar-refractivity contribution in [2.24, 2.45) is 5.73 Å². The third-order valence-electron chi connectivity index (χ3n) is 3.44. The maximum absolute atomic E-state index is 12.0. The second-order valence-electron chi connectivity index (χ2n) is 4.97. The van der Waals surface area contributed by atoms with E-state index in [1.807, 2.05) is 36.1 Å². The molecule has 2 N–H and O–H groups in total. The summed E-state index contributed by atoms with van der Waals surface area (Å²) < 4.78 is 5.39. The van der Waals surface area contributed by atoms with Crippen molar-refractivity contribution in [1.82, 2.24) is 4.90 Å². The minimum Gasteiger partial charge on any atom is -0.494 e. The Kier molecular flexibility index (Phi) is 6.82. The minimum atomic E-state index is 0. The normalized spacial score (nSPS) is 17.7. The largest absolute Gasteiger partial charge is 0.494 e. The monoisotopic (exact) mass is 298 g/mol. The van der Waals surface area contributed by atoms with Gasteiger partial charge in [-0.25, -0.2) is 0 Å². The van der Waals surface area contributed by atoms with Crippen LogP contribution < -0.4 is 10.5 Å². The van der Waals surface area contributed by atoms with E-state index in [4.69, 9.17) is 10.5 Å². The fraction of sp³-hybridized carbons (Fsp3) is 0.533. The lowest BCUT2D eigenvalue weighted by Gasteiger charge is -2.15. The molecule has 1 aromatic rings. The van der Waals surface area contributed by atoms with E-state index in [0.29, 0.717) is 19.6 Å². The van der Waals surface area contributed by atoms with Crippen LogP contribution in [-0.4, -0.2) is 36.5 Å². The molecule has 0 spiro atoms. The maximum atomic E-state index is 12.0. The van der Waals surface area contributed by atoms with Gasteiger partial charge in [0.1, 0.15) is 5.75 Å². The number of ether oxygens (including phenoxy) is 1. The summed E-state index contributed by atoms with van der Waals surface area (Å²) >= 11 is 0. The SMILES string of the molecule is CCOc1ccc(CCC(=O)N2CC[C@@H](N)C2)cc1.Cl. The van der Waals surface area contributed by atoms with Crippen molar-refractivity contribution >= 4 is 18.3 Å². The number of halogens is 1. The van der Waals surface area contributed by atoms with Crippen LogP contribution in [0.1, 0.15) is 25.3 Å². The van der Waals surface area contributed by atoms with Gasteiger partial charge in [0, 0.05) is 25.6 Å². The molecule has 1 heterocycles. The van der Waals surface area contributed by atoms with Crippen LogP contribution in [-0.2, 0) is 11.2 Å². The fourth-order valence-electron chi connectivity index (χ4n) is 2.34. The highest BCUT2D eigenvalue weighted by Gasteiger charge is 2.22. The van der Waals surface area contributed by atoms with Gasteiger partial charge in [-0.1, -0.05) is 12.1 Å². The Morgan fingerprint density at radius 1 is 1.40 bits per heavy atom. The third-order valence-corrected chi connectivity index (χ3v) is 3.44. The Morgan fingerprint density at radius 3 is 2.65 bits per heavy atom. The van der Waals surface area contributed by atoms with E-state index < -0.39 is 0 Å². The van der Waals surface area contributed by atoms with Gasteiger partial charge in [-0.15, -0.1) is 12.4 Å². The first-order chi connectivity index (χ1) is 9.19. The average molecular weight is 299 g/mol. The first-order valence-corrected chi connectivity index (χ1v) is 6.94. The van der Waals surface area contributed by atoms with Crippen LogP contribution >= 0.6 is 12.4 Å². The number of nitrogens with zero attached hydrogens (tertiary/aromatic N) is 1. The summed E-state index contributed by atoms with van der Waals surface area (Å²) in [5.41, 5.74) is 6.97. The van der Waals surface area contributed by atoms with Crippen LogP contribution in [0.15, 0.2) is 24.3 Å². The summed E-state index contributed by atoms with van der Waals surface area (Å²) in [4.78, 5) is 13.9. The van der Waals surface area contributed by atoms with Gasteiger partial charge >= 0.3 is 0 Å². The van der Waals surface area contributed by atoms with Crippen molar-refractivity contribution in [1.29, 1.82) is 0 Å². The van der Waals surface area contributed by atoms with Crippen LogP contribution in [0.5, 0.6) is 5.75 Å². The Labute approximate surface area is 126 Å². The summed E-state index contributed by atoms with van der Waals surface area (Å²) in [7, 11) is 0. The topological polar surface area (TPSA) is 55.6 Å². The first kappa shape index (κ1) is 16.8. The molecule has 4 nitrogen and oxygen atoms in total. The molecule has 112 valence electrons. The number of rotatable bonds is 5. The number of hydrogen-bond acceptors (Lipinski definition) is 3. The van der Waals surface area contributed by atoms with Crippen molar-refractivity contribution < 1.29 is 9.53 Å². The molecule has 0 aliphatic carbocycles. The average Bonchev–Trinajstić information content (AvgIpc) is 2.85. The highest BCUT2D eigenvalue weighted by Crippen LogP contribution is 2.15. The number of carbonyl (C=O) groups is 1. The lowest BCUT2D eigenvalue weighted by molar-refractivity contribution is -0.130. The molecular formula is C15H23ClN2O2. The van der Waals surface area contributed by atoms with E-state index in [1.165, 1.54) is 5.56 Å². The molecule has 1 saturated heterocycles. The predicted molar refractivity (Wildman–Crippen MR) is 82.4 cm³/mol. The molecule has 5 heteroatoms. The maximum Gasteiger partial charge on any atom is 0.222 e. The summed E-state index contributed by atoms with van der Waals surface area (Å²) in [6.45, 7) is 4.16. The molecule has 0 unspecified atom stereocenters. The number of hydrogen-bond donors (Lipinski definition) is 1. The molecule has 1 amide bonds. The van der Waals surface area contributed by atoms with E-state index in [2.05, 4.69) is 0 Å². The van der Waals surface area contributed by atoms with Gasteiger partial charge < -0.3 is 15.4 Å². The Hall–Kier alpha value is -1.26. The predicted octanol–water partition coefficient (Wildman–Crippen LogP) is 2.00. The highest BCUT2D eigenvalue weighted by molar-refractivity contribution is 5.85.